The highest BCUT2D eigenvalue weighted by molar-refractivity contribution is 6.40. The second-order valence-corrected chi connectivity index (χ2v) is 9.75. The summed E-state index contributed by atoms with van der Waals surface area (Å²) in [5.74, 6) is -3.81. The molecule has 0 atom stereocenters. The molecule has 1 aliphatic heterocycles. The van der Waals surface area contributed by atoms with Crippen molar-refractivity contribution in [3.63, 3.8) is 0 Å². The Morgan fingerprint density at radius 2 is 1.70 bits per heavy atom. The third kappa shape index (κ3) is 5.71. The van der Waals surface area contributed by atoms with Crippen molar-refractivity contribution in [2.45, 2.75) is 25.9 Å². The van der Waals surface area contributed by atoms with Crippen LogP contribution < -0.4 is 15.8 Å². The lowest BCUT2D eigenvalue weighted by molar-refractivity contribution is -0.147. The monoisotopic (exact) mass is 551 g/mol. The van der Waals surface area contributed by atoms with Crippen molar-refractivity contribution in [3.8, 4) is 5.75 Å². The second kappa shape index (κ2) is 11.7. The number of rotatable bonds is 6. The Labute approximate surface area is 229 Å². The minimum Gasteiger partial charge on any atom is -0.501 e. The largest absolute Gasteiger partial charge is 0.501 e. The molecule has 0 saturated carbocycles. The molecule has 0 aliphatic carbocycles. The van der Waals surface area contributed by atoms with Gasteiger partial charge in [-0.15, -0.1) is 0 Å². The molecule has 4 rings (SSSR count). The summed E-state index contributed by atoms with van der Waals surface area (Å²) in [6.07, 6.45) is 0. The third-order valence-electron chi connectivity index (χ3n) is 6.65. The van der Waals surface area contributed by atoms with E-state index in [1.807, 2.05) is 0 Å². The molecule has 1 fully saturated rings. The minimum atomic E-state index is -1.45. The van der Waals surface area contributed by atoms with Crippen LogP contribution in [0.3, 0.4) is 0 Å². The van der Waals surface area contributed by atoms with E-state index < -0.39 is 46.1 Å². The fourth-order valence-electron chi connectivity index (χ4n) is 4.53. The molecule has 3 aromatic rings. The van der Waals surface area contributed by atoms with Crippen LogP contribution >= 0.6 is 0 Å². The van der Waals surface area contributed by atoms with Crippen molar-refractivity contribution in [3.05, 3.63) is 87.9 Å². The van der Waals surface area contributed by atoms with Gasteiger partial charge in [-0.1, -0.05) is 30.3 Å². The number of ether oxygens (including phenoxy) is 1. The molecule has 2 aromatic carbocycles. The standard InChI is InChI=1S/C28H30FN5O6/c1-28(2,34(20-7-5-4-6-8-20)26(39)25(38)33-13-15-40-16-14-33)27-31-21(22(35)24(37)32(27)3)23(36)30-17-18-9-11-19(29)12-10-18/h4-12,35H,13-17H2,1-3H3,(H,30,36). The predicted octanol–water partition coefficient (Wildman–Crippen LogP) is 1.68. The van der Waals surface area contributed by atoms with Crippen molar-refractivity contribution in [2.24, 2.45) is 7.05 Å². The smallest absolute Gasteiger partial charge is 0.317 e. The van der Waals surface area contributed by atoms with Crippen molar-refractivity contribution in [2.75, 3.05) is 31.2 Å². The van der Waals surface area contributed by atoms with Crippen LogP contribution in [0.4, 0.5) is 10.1 Å². The van der Waals surface area contributed by atoms with Gasteiger partial charge < -0.3 is 20.1 Å². The first-order valence-corrected chi connectivity index (χ1v) is 12.6. The molecule has 1 aliphatic rings. The molecule has 2 heterocycles. The van der Waals surface area contributed by atoms with Gasteiger partial charge in [0.15, 0.2) is 5.69 Å². The van der Waals surface area contributed by atoms with Gasteiger partial charge >= 0.3 is 11.8 Å². The number of aromatic nitrogens is 2. The van der Waals surface area contributed by atoms with Gasteiger partial charge in [0.1, 0.15) is 17.2 Å². The maximum atomic E-state index is 13.8. The van der Waals surface area contributed by atoms with E-state index in [0.717, 1.165) is 4.57 Å². The van der Waals surface area contributed by atoms with E-state index >= 15 is 0 Å². The first-order chi connectivity index (χ1) is 19.0. The summed E-state index contributed by atoms with van der Waals surface area (Å²) in [4.78, 5) is 60.1. The number of carbonyl (C=O) groups is 3. The summed E-state index contributed by atoms with van der Waals surface area (Å²) in [5, 5.41) is 13.1. The Morgan fingerprint density at radius 1 is 1.07 bits per heavy atom. The zero-order valence-electron chi connectivity index (χ0n) is 22.4. The summed E-state index contributed by atoms with van der Waals surface area (Å²) < 4.78 is 19.5. The molecule has 1 saturated heterocycles. The minimum absolute atomic E-state index is 0.0170. The number of hydrogen-bond acceptors (Lipinski definition) is 7. The van der Waals surface area contributed by atoms with E-state index in [1.165, 1.54) is 41.1 Å². The fourth-order valence-corrected chi connectivity index (χ4v) is 4.53. The van der Waals surface area contributed by atoms with Gasteiger partial charge in [0.05, 0.1) is 13.2 Å². The van der Waals surface area contributed by atoms with Gasteiger partial charge in [0.2, 0.25) is 5.75 Å². The molecule has 11 nitrogen and oxygen atoms in total. The summed E-state index contributed by atoms with van der Waals surface area (Å²) in [7, 11) is 1.35. The van der Waals surface area contributed by atoms with Crippen molar-refractivity contribution in [1.29, 1.82) is 0 Å². The Hall–Kier alpha value is -4.58. The lowest BCUT2D eigenvalue weighted by atomic mass is 9.98. The molecular formula is C28H30FN5O6. The molecule has 0 bridgehead atoms. The highest BCUT2D eigenvalue weighted by Crippen LogP contribution is 2.32. The maximum Gasteiger partial charge on any atom is 0.317 e. The van der Waals surface area contributed by atoms with Gasteiger partial charge in [-0.25, -0.2) is 9.37 Å². The molecule has 0 unspecified atom stereocenters. The van der Waals surface area contributed by atoms with Gasteiger partial charge in [-0.3, -0.25) is 28.6 Å². The maximum absolute atomic E-state index is 13.8. The number of anilines is 1. The first kappa shape index (κ1) is 28.4. The van der Waals surface area contributed by atoms with Gasteiger partial charge in [0, 0.05) is 32.4 Å². The molecular weight excluding hydrogens is 521 g/mol. The van der Waals surface area contributed by atoms with E-state index in [-0.39, 0.29) is 25.5 Å². The normalized spacial score (nSPS) is 13.6. The number of amides is 3. The Morgan fingerprint density at radius 3 is 2.33 bits per heavy atom. The second-order valence-electron chi connectivity index (χ2n) is 9.75. The van der Waals surface area contributed by atoms with Crippen LogP contribution in [0.2, 0.25) is 0 Å². The van der Waals surface area contributed by atoms with Gasteiger partial charge in [0.25, 0.3) is 11.5 Å². The Balaban J connectivity index is 1.73. The number of benzene rings is 2. The highest BCUT2D eigenvalue weighted by Gasteiger charge is 2.42. The number of carbonyl (C=O) groups excluding carboxylic acids is 3. The SMILES string of the molecule is Cn1c(C(C)(C)N(C(=O)C(=O)N2CCOCC2)c2ccccc2)nc(C(=O)NCc2ccc(F)cc2)c(O)c1=O. The van der Waals surface area contributed by atoms with Crippen LogP contribution in [0, 0.1) is 5.82 Å². The van der Waals surface area contributed by atoms with Crippen molar-refractivity contribution < 1.29 is 28.6 Å². The molecule has 210 valence electrons. The summed E-state index contributed by atoms with van der Waals surface area (Å²) in [6, 6.07) is 13.9. The van der Waals surface area contributed by atoms with E-state index in [1.54, 1.807) is 44.2 Å². The number of nitrogens with zero attached hydrogens (tertiary/aromatic N) is 4. The molecule has 12 heteroatoms. The Bertz CT molecular complexity index is 1470. The van der Waals surface area contributed by atoms with Crippen LogP contribution in [0.15, 0.2) is 59.4 Å². The van der Waals surface area contributed by atoms with Crippen LogP contribution in [-0.2, 0) is 33.5 Å². The summed E-state index contributed by atoms with van der Waals surface area (Å²) in [5.41, 5.74) is -1.96. The number of morpholine rings is 1. The highest BCUT2D eigenvalue weighted by atomic mass is 19.1. The molecule has 40 heavy (non-hydrogen) atoms. The predicted molar refractivity (Wildman–Crippen MR) is 143 cm³/mol. The number of hydrogen-bond donors (Lipinski definition) is 2. The zero-order valence-corrected chi connectivity index (χ0v) is 22.4. The number of nitrogens with one attached hydrogen (secondary N) is 1. The first-order valence-electron chi connectivity index (χ1n) is 12.6. The molecule has 0 radical (unpaired) electrons. The number of para-hydroxylation sites is 1. The van der Waals surface area contributed by atoms with E-state index in [2.05, 4.69) is 10.3 Å². The quantitative estimate of drug-likeness (QED) is 0.445. The molecule has 3 amide bonds. The van der Waals surface area contributed by atoms with Crippen LogP contribution in [0.25, 0.3) is 0 Å². The van der Waals surface area contributed by atoms with Gasteiger partial charge in [-0.05, 0) is 43.7 Å². The van der Waals surface area contributed by atoms with Crippen LogP contribution in [0.1, 0.15) is 35.7 Å². The van der Waals surface area contributed by atoms with Crippen molar-refractivity contribution in [1.82, 2.24) is 19.8 Å². The van der Waals surface area contributed by atoms with E-state index in [4.69, 9.17) is 4.74 Å². The average molecular weight is 552 g/mol. The van der Waals surface area contributed by atoms with Crippen molar-refractivity contribution >= 4 is 23.4 Å². The lowest BCUT2D eigenvalue weighted by Crippen LogP contribution is -2.56. The van der Waals surface area contributed by atoms with Crippen LogP contribution in [0.5, 0.6) is 5.75 Å². The van der Waals surface area contributed by atoms with E-state index in [9.17, 15) is 28.7 Å². The third-order valence-corrected chi connectivity index (χ3v) is 6.65. The molecule has 2 N–H and O–H groups in total. The number of halogens is 1. The summed E-state index contributed by atoms with van der Waals surface area (Å²) in [6.45, 7) is 4.27. The average Bonchev–Trinajstić information content (AvgIpc) is 2.96. The molecule has 1 aromatic heterocycles. The zero-order chi connectivity index (χ0) is 29.0. The van der Waals surface area contributed by atoms with Crippen LogP contribution in [-0.4, -0.2) is 63.6 Å². The van der Waals surface area contributed by atoms with Gasteiger partial charge in [-0.2, -0.15) is 0 Å². The molecule has 0 spiro atoms. The lowest BCUT2D eigenvalue weighted by Gasteiger charge is -2.39. The van der Waals surface area contributed by atoms with E-state index in [0.29, 0.717) is 24.5 Å². The summed E-state index contributed by atoms with van der Waals surface area (Å²) >= 11 is 0. The number of aromatic hydroxyl groups is 1. The fraction of sp³-hybridized carbons (Fsp3) is 0.321. The Kier molecular flexibility index (Phi) is 8.29. The topological polar surface area (TPSA) is 134 Å².